The lowest BCUT2D eigenvalue weighted by Gasteiger charge is -2.21. The van der Waals surface area contributed by atoms with Gasteiger partial charge in [-0.2, -0.15) is 5.10 Å². The molecule has 7 nitrogen and oxygen atoms in total. The van der Waals surface area contributed by atoms with E-state index in [4.69, 9.17) is 4.74 Å². The molecular weight excluding hydrogens is 330 g/mol. The van der Waals surface area contributed by atoms with Gasteiger partial charge in [-0.15, -0.1) is 0 Å². The normalized spacial score (nSPS) is 22.9. The van der Waals surface area contributed by atoms with Crippen molar-refractivity contribution in [3.05, 3.63) is 45.9 Å². The lowest BCUT2D eigenvalue weighted by atomic mass is 10.1. The predicted molar refractivity (Wildman–Crippen MR) is 99.3 cm³/mol. The minimum atomic E-state index is -0.0860. The minimum Gasteiger partial charge on any atom is -0.371 e. The zero-order valence-corrected chi connectivity index (χ0v) is 14.5. The fourth-order valence-electron chi connectivity index (χ4n) is 3.87. The molecule has 4 N–H and O–H groups in total. The smallest absolute Gasteiger partial charge is 0.271 e. The summed E-state index contributed by atoms with van der Waals surface area (Å²) in [6.45, 7) is 0.542. The van der Waals surface area contributed by atoms with Gasteiger partial charge in [-0.25, -0.2) is 0 Å². The third-order valence-electron chi connectivity index (χ3n) is 5.50. The van der Waals surface area contributed by atoms with Gasteiger partial charge in [0, 0.05) is 17.7 Å². The zero-order valence-electron chi connectivity index (χ0n) is 14.5. The van der Waals surface area contributed by atoms with E-state index in [2.05, 4.69) is 31.8 Å². The molecule has 5 rings (SSSR count). The van der Waals surface area contributed by atoms with Crippen molar-refractivity contribution in [1.29, 1.82) is 0 Å². The molecule has 1 aromatic carbocycles. The van der Waals surface area contributed by atoms with Crippen molar-refractivity contribution in [2.45, 2.75) is 56.8 Å². The van der Waals surface area contributed by atoms with Crippen LogP contribution in [0.3, 0.4) is 0 Å². The van der Waals surface area contributed by atoms with Crippen LogP contribution in [0.2, 0.25) is 0 Å². The van der Waals surface area contributed by atoms with E-state index in [1.165, 1.54) is 18.5 Å². The molecule has 2 unspecified atom stereocenters. The fourth-order valence-corrected chi connectivity index (χ4v) is 3.87. The van der Waals surface area contributed by atoms with E-state index in [1.807, 2.05) is 18.2 Å². The first kappa shape index (κ1) is 15.7. The van der Waals surface area contributed by atoms with Crippen LogP contribution < -0.4 is 10.9 Å². The Bertz CT molecular complexity index is 968. The molecule has 136 valence electrons. The quantitative estimate of drug-likeness (QED) is 0.547. The second-order valence-electron chi connectivity index (χ2n) is 7.47. The number of nitrogens with one attached hydrogen (secondary N) is 4. The minimum absolute atomic E-state index is 0.0860. The second-order valence-corrected chi connectivity index (χ2v) is 7.47. The van der Waals surface area contributed by atoms with Gasteiger partial charge in [0.2, 0.25) is 0 Å². The lowest BCUT2D eigenvalue weighted by Crippen LogP contribution is -2.30. The first-order valence-corrected chi connectivity index (χ1v) is 9.39. The molecule has 2 aliphatic carbocycles. The van der Waals surface area contributed by atoms with Crippen molar-refractivity contribution in [2.24, 2.45) is 0 Å². The van der Waals surface area contributed by atoms with E-state index in [0.29, 0.717) is 24.0 Å². The van der Waals surface area contributed by atoms with Crippen LogP contribution in [0.4, 0.5) is 5.82 Å². The first-order valence-electron chi connectivity index (χ1n) is 9.39. The summed E-state index contributed by atoms with van der Waals surface area (Å²) in [4.78, 5) is 11.6. The van der Waals surface area contributed by atoms with Gasteiger partial charge in [0.05, 0.1) is 29.7 Å². The highest BCUT2D eigenvalue weighted by Crippen LogP contribution is 2.39. The number of hydrogen-bond donors (Lipinski definition) is 4. The molecule has 0 aliphatic heterocycles. The van der Waals surface area contributed by atoms with E-state index in [1.54, 1.807) is 0 Å². The Labute approximate surface area is 150 Å². The van der Waals surface area contributed by atoms with Gasteiger partial charge in [-0.05, 0) is 49.8 Å². The van der Waals surface area contributed by atoms with E-state index in [0.717, 1.165) is 36.2 Å². The highest BCUT2D eigenvalue weighted by Gasteiger charge is 2.30. The summed E-state index contributed by atoms with van der Waals surface area (Å²) in [5.74, 6) is 1.61. The Hall–Kier alpha value is -2.54. The van der Waals surface area contributed by atoms with Crippen LogP contribution in [0.5, 0.6) is 0 Å². The number of hydrogen-bond acceptors (Lipinski definition) is 4. The molecule has 2 saturated carbocycles. The van der Waals surface area contributed by atoms with Crippen molar-refractivity contribution in [3.8, 4) is 0 Å². The standard InChI is InChI=1S/C19H23N5O2/c25-19-13-7-4-11(8-16(13)22-24-19)10-26-17-3-1-2-14(17)20-18-9-15(21-23-18)12-5-6-12/h4,7-9,12,14,17H,1-3,5-6,10H2,(H2,20,21,23)(H2,22,24,25). The number of nitrogens with zero attached hydrogens (tertiary/aromatic N) is 1. The Morgan fingerprint density at radius 1 is 1.15 bits per heavy atom. The molecule has 0 saturated heterocycles. The van der Waals surface area contributed by atoms with Crippen molar-refractivity contribution >= 4 is 16.7 Å². The first-order chi connectivity index (χ1) is 12.8. The number of aromatic amines is 3. The molecule has 2 fully saturated rings. The molecule has 3 aromatic rings. The van der Waals surface area contributed by atoms with Gasteiger partial charge in [-0.1, -0.05) is 6.07 Å². The van der Waals surface area contributed by atoms with Crippen LogP contribution >= 0.6 is 0 Å². The highest BCUT2D eigenvalue weighted by atomic mass is 16.5. The zero-order chi connectivity index (χ0) is 17.5. The van der Waals surface area contributed by atoms with E-state index in [-0.39, 0.29) is 11.7 Å². The van der Waals surface area contributed by atoms with Crippen LogP contribution in [-0.4, -0.2) is 32.5 Å². The van der Waals surface area contributed by atoms with Crippen LogP contribution in [0.25, 0.3) is 10.9 Å². The van der Waals surface area contributed by atoms with E-state index >= 15 is 0 Å². The summed E-state index contributed by atoms with van der Waals surface area (Å²) in [5.41, 5.74) is 3.05. The van der Waals surface area contributed by atoms with Crippen molar-refractivity contribution in [3.63, 3.8) is 0 Å². The third-order valence-corrected chi connectivity index (χ3v) is 5.50. The number of benzene rings is 1. The number of H-pyrrole nitrogens is 3. The van der Waals surface area contributed by atoms with E-state index < -0.39 is 0 Å². The molecule has 26 heavy (non-hydrogen) atoms. The number of aromatic nitrogens is 4. The summed E-state index contributed by atoms with van der Waals surface area (Å²) >= 11 is 0. The Morgan fingerprint density at radius 2 is 2.08 bits per heavy atom. The maximum absolute atomic E-state index is 11.6. The van der Waals surface area contributed by atoms with Gasteiger partial charge in [0.25, 0.3) is 5.56 Å². The Morgan fingerprint density at radius 3 is 2.96 bits per heavy atom. The molecular formula is C19H23N5O2. The van der Waals surface area contributed by atoms with Gasteiger partial charge in [0.15, 0.2) is 0 Å². The SMILES string of the molecule is O=c1[nH][nH]c2cc(COC3CCCC3Nc3cc(C4CC4)[nH]n3)ccc12. The lowest BCUT2D eigenvalue weighted by molar-refractivity contribution is 0.0394. The molecule has 0 amide bonds. The van der Waals surface area contributed by atoms with Gasteiger partial charge in [0.1, 0.15) is 5.82 Å². The molecule has 0 radical (unpaired) electrons. The predicted octanol–water partition coefficient (Wildman–Crippen LogP) is 3.01. The summed E-state index contributed by atoms with van der Waals surface area (Å²) < 4.78 is 6.19. The molecule has 0 bridgehead atoms. The number of ether oxygens (including phenoxy) is 1. The third kappa shape index (κ3) is 3.03. The second kappa shape index (κ2) is 6.32. The molecule has 2 atom stereocenters. The summed E-state index contributed by atoms with van der Waals surface area (Å²) in [6.07, 6.45) is 6.03. The topological polar surface area (TPSA) is 98.6 Å². The Balaban J connectivity index is 1.22. The van der Waals surface area contributed by atoms with Crippen molar-refractivity contribution in [1.82, 2.24) is 20.4 Å². The monoisotopic (exact) mass is 353 g/mol. The van der Waals surface area contributed by atoms with E-state index in [9.17, 15) is 4.79 Å². The largest absolute Gasteiger partial charge is 0.371 e. The van der Waals surface area contributed by atoms with Crippen molar-refractivity contribution < 1.29 is 4.74 Å². The molecule has 7 heteroatoms. The summed E-state index contributed by atoms with van der Waals surface area (Å²) in [6, 6.07) is 8.21. The fraction of sp³-hybridized carbons (Fsp3) is 0.474. The van der Waals surface area contributed by atoms with Crippen molar-refractivity contribution in [2.75, 3.05) is 5.32 Å². The molecule has 2 aromatic heterocycles. The number of anilines is 1. The van der Waals surface area contributed by atoms with Crippen LogP contribution in [0, 0.1) is 0 Å². The molecule has 2 heterocycles. The average molecular weight is 353 g/mol. The molecule has 0 spiro atoms. The van der Waals surface area contributed by atoms with Gasteiger partial charge < -0.3 is 10.1 Å². The number of fused-ring (bicyclic) bond motifs is 1. The Kier molecular flexibility index (Phi) is 3.81. The van der Waals surface area contributed by atoms with Gasteiger partial charge >= 0.3 is 0 Å². The summed E-state index contributed by atoms with van der Waals surface area (Å²) in [5, 5.41) is 17.3. The molecule has 2 aliphatic rings. The number of rotatable bonds is 6. The maximum Gasteiger partial charge on any atom is 0.271 e. The van der Waals surface area contributed by atoms with Crippen LogP contribution in [0.15, 0.2) is 29.1 Å². The van der Waals surface area contributed by atoms with Crippen LogP contribution in [-0.2, 0) is 11.3 Å². The highest BCUT2D eigenvalue weighted by molar-refractivity contribution is 5.78. The summed E-state index contributed by atoms with van der Waals surface area (Å²) in [7, 11) is 0. The van der Waals surface area contributed by atoms with Crippen LogP contribution in [0.1, 0.15) is 49.3 Å². The average Bonchev–Trinajstić information content (AvgIpc) is 3.06. The van der Waals surface area contributed by atoms with Gasteiger partial charge in [-0.3, -0.25) is 20.1 Å². The maximum atomic E-state index is 11.6.